The first-order valence-corrected chi connectivity index (χ1v) is 4.36. The van der Waals surface area contributed by atoms with Crippen LogP contribution in [0.25, 0.3) is 0 Å². The average molecular weight is 191 g/mol. The van der Waals surface area contributed by atoms with E-state index in [1.165, 1.54) is 0 Å². The maximum absolute atomic E-state index is 7.43. The zero-order valence-electron chi connectivity index (χ0n) is 8.96. The summed E-state index contributed by atoms with van der Waals surface area (Å²) in [6.07, 6.45) is 5.17. The highest BCUT2D eigenvalue weighted by Gasteiger charge is 2.01. The molecular weight excluding hydrogens is 174 g/mol. The van der Waals surface area contributed by atoms with Crippen LogP contribution in [0.1, 0.15) is 20.8 Å². The summed E-state index contributed by atoms with van der Waals surface area (Å²) in [7, 11) is 0. The van der Waals surface area contributed by atoms with Crippen LogP contribution in [-0.4, -0.2) is 11.9 Å². The molecule has 0 atom stereocenters. The van der Waals surface area contributed by atoms with Crippen molar-refractivity contribution in [3.63, 3.8) is 0 Å². The standard InChI is InChI=1S/C11H17N3/c1-5-14-11(7-6-8(2)12)9(3)10(4)13/h5-7,13H,3,12H2,1-2,4H3/b8-6-,11-7+,13-10?,14-5-. The van der Waals surface area contributed by atoms with Gasteiger partial charge < -0.3 is 11.1 Å². The number of nitrogens with zero attached hydrogens (tertiary/aromatic N) is 1. The Kier molecular flexibility index (Phi) is 5.22. The Morgan fingerprint density at radius 1 is 1.36 bits per heavy atom. The van der Waals surface area contributed by atoms with E-state index in [-0.39, 0.29) is 0 Å². The van der Waals surface area contributed by atoms with Gasteiger partial charge in [-0.05, 0) is 32.9 Å². The molecule has 0 aromatic carbocycles. The first-order chi connectivity index (χ1) is 6.49. The molecule has 0 aromatic heterocycles. The zero-order valence-corrected chi connectivity index (χ0v) is 8.96. The second-order valence-corrected chi connectivity index (χ2v) is 2.95. The van der Waals surface area contributed by atoms with Crippen LogP contribution < -0.4 is 5.73 Å². The van der Waals surface area contributed by atoms with Crippen LogP contribution in [0.4, 0.5) is 0 Å². The van der Waals surface area contributed by atoms with Crippen LogP contribution in [0.15, 0.2) is 40.7 Å². The van der Waals surface area contributed by atoms with Gasteiger partial charge in [0, 0.05) is 23.2 Å². The first kappa shape index (κ1) is 12.4. The van der Waals surface area contributed by atoms with Gasteiger partial charge in [-0.15, -0.1) is 0 Å². The fourth-order valence-electron chi connectivity index (χ4n) is 0.763. The number of hydrogen-bond donors (Lipinski definition) is 2. The van der Waals surface area contributed by atoms with Crippen molar-refractivity contribution < 1.29 is 0 Å². The van der Waals surface area contributed by atoms with Gasteiger partial charge >= 0.3 is 0 Å². The topological polar surface area (TPSA) is 62.2 Å². The second-order valence-electron chi connectivity index (χ2n) is 2.95. The lowest BCUT2D eigenvalue weighted by atomic mass is 10.1. The largest absolute Gasteiger partial charge is 0.402 e. The van der Waals surface area contributed by atoms with Crippen molar-refractivity contribution in [3.8, 4) is 0 Å². The Hall–Kier alpha value is -1.64. The highest BCUT2D eigenvalue weighted by Crippen LogP contribution is 2.10. The monoisotopic (exact) mass is 191 g/mol. The van der Waals surface area contributed by atoms with Crippen LogP contribution in [0.3, 0.4) is 0 Å². The molecule has 0 bridgehead atoms. The highest BCUT2D eigenvalue weighted by molar-refractivity contribution is 5.99. The molecular formula is C11H17N3. The van der Waals surface area contributed by atoms with E-state index in [1.807, 2.05) is 6.92 Å². The molecule has 0 aliphatic heterocycles. The molecule has 0 amide bonds. The van der Waals surface area contributed by atoms with Crippen LogP contribution in [0, 0.1) is 5.41 Å². The molecule has 0 saturated heterocycles. The maximum Gasteiger partial charge on any atom is 0.0710 e. The molecule has 0 heterocycles. The smallest absolute Gasteiger partial charge is 0.0710 e. The summed E-state index contributed by atoms with van der Waals surface area (Å²) in [5, 5.41) is 7.43. The fourth-order valence-corrected chi connectivity index (χ4v) is 0.763. The summed E-state index contributed by atoms with van der Waals surface area (Å²) < 4.78 is 0. The SMILES string of the molecule is C=C(C(C)=N)C(=C\C=C(\C)N)/N=C\C. The predicted octanol–water partition coefficient (Wildman–Crippen LogP) is 2.42. The van der Waals surface area contributed by atoms with Crippen molar-refractivity contribution in [2.24, 2.45) is 10.7 Å². The molecule has 0 unspecified atom stereocenters. The van der Waals surface area contributed by atoms with Gasteiger partial charge in [-0.3, -0.25) is 4.99 Å². The van der Waals surface area contributed by atoms with E-state index in [2.05, 4.69) is 11.6 Å². The molecule has 0 spiro atoms. The third-order valence-electron chi connectivity index (χ3n) is 1.53. The molecule has 14 heavy (non-hydrogen) atoms. The molecule has 0 aromatic rings. The Morgan fingerprint density at radius 2 is 1.93 bits per heavy atom. The minimum atomic E-state index is 0.407. The lowest BCUT2D eigenvalue weighted by Crippen LogP contribution is -1.96. The normalized spacial score (nSPS) is 13.4. The lowest BCUT2D eigenvalue weighted by Gasteiger charge is -2.02. The molecule has 0 rings (SSSR count). The molecule has 0 saturated carbocycles. The summed E-state index contributed by atoms with van der Waals surface area (Å²) in [5.41, 5.74) is 7.88. The van der Waals surface area contributed by atoms with E-state index in [9.17, 15) is 0 Å². The van der Waals surface area contributed by atoms with Gasteiger partial charge in [-0.2, -0.15) is 0 Å². The number of nitrogens with two attached hydrogens (primary N) is 1. The summed E-state index contributed by atoms with van der Waals surface area (Å²) in [5.74, 6) is 0. The van der Waals surface area contributed by atoms with Crippen molar-refractivity contribution in [2.45, 2.75) is 20.8 Å². The maximum atomic E-state index is 7.43. The van der Waals surface area contributed by atoms with Gasteiger partial charge in [0.1, 0.15) is 0 Å². The van der Waals surface area contributed by atoms with Gasteiger partial charge in [-0.25, -0.2) is 0 Å². The highest BCUT2D eigenvalue weighted by atomic mass is 14.7. The van der Waals surface area contributed by atoms with Gasteiger partial charge in [-0.1, -0.05) is 6.58 Å². The third kappa shape index (κ3) is 4.40. The molecule has 0 aliphatic rings. The van der Waals surface area contributed by atoms with Crippen LogP contribution >= 0.6 is 0 Å². The van der Waals surface area contributed by atoms with E-state index < -0.39 is 0 Å². The van der Waals surface area contributed by atoms with E-state index in [1.54, 1.807) is 32.2 Å². The summed E-state index contributed by atoms with van der Waals surface area (Å²) in [6.45, 7) is 9.07. The number of nitrogens with one attached hydrogen (secondary N) is 1. The molecule has 3 heteroatoms. The van der Waals surface area contributed by atoms with E-state index in [0.717, 1.165) is 0 Å². The molecule has 3 nitrogen and oxygen atoms in total. The van der Waals surface area contributed by atoms with E-state index in [4.69, 9.17) is 11.1 Å². The Labute approximate surface area is 85.2 Å². The Balaban J connectivity index is 4.96. The van der Waals surface area contributed by atoms with Crippen LogP contribution in [0.5, 0.6) is 0 Å². The Morgan fingerprint density at radius 3 is 2.29 bits per heavy atom. The minimum Gasteiger partial charge on any atom is -0.402 e. The number of hydrogen-bond acceptors (Lipinski definition) is 3. The minimum absolute atomic E-state index is 0.407. The van der Waals surface area contributed by atoms with Crippen molar-refractivity contribution >= 4 is 11.9 Å². The van der Waals surface area contributed by atoms with E-state index >= 15 is 0 Å². The average Bonchev–Trinajstić information content (AvgIpc) is 2.10. The molecule has 0 aliphatic carbocycles. The van der Waals surface area contributed by atoms with Gasteiger partial charge in [0.15, 0.2) is 0 Å². The molecule has 76 valence electrons. The zero-order chi connectivity index (χ0) is 11.1. The molecule has 0 radical (unpaired) electrons. The second kappa shape index (κ2) is 5.91. The van der Waals surface area contributed by atoms with Gasteiger partial charge in [0.25, 0.3) is 0 Å². The molecule has 3 N–H and O–H groups in total. The Bertz CT molecular complexity index is 315. The van der Waals surface area contributed by atoms with E-state index in [0.29, 0.717) is 22.7 Å². The van der Waals surface area contributed by atoms with Crippen molar-refractivity contribution in [3.05, 3.63) is 35.7 Å². The lowest BCUT2D eigenvalue weighted by molar-refractivity contribution is 1.29. The van der Waals surface area contributed by atoms with Gasteiger partial charge in [0.2, 0.25) is 0 Å². The summed E-state index contributed by atoms with van der Waals surface area (Å²) in [4.78, 5) is 4.11. The third-order valence-corrected chi connectivity index (χ3v) is 1.53. The van der Waals surface area contributed by atoms with Gasteiger partial charge in [0.05, 0.1) is 5.70 Å². The number of aliphatic imine (C=N–C) groups is 1. The van der Waals surface area contributed by atoms with Crippen molar-refractivity contribution in [2.75, 3.05) is 0 Å². The number of allylic oxidation sites excluding steroid dienone is 4. The van der Waals surface area contributed by atoms with Crippen molar-refractivity contribution in [1.29, 1.82) is 5.41 Å². The van der Waals surface area contributed by atoms with Crippen LogP contribution in [0.2, 0.25) is 0 Å². The predicted molar refractivity (Wildman–Crippen MR) is 62.7 cm³/mol. The summed E-state index contributed by atoms with van der Waals surface area (Å²) in [6, 6.07) is 0. The summed E-state index contributed by atoms with van der Waals surface area (Å²) >= 11 is 0. The first-order valence-electron chi connectivity index (χ1n) is 4.36. The quantitative estimate of drug-likeness (QED) is 0.520. The molecule has 0 fully saturated rings. The number of rotatable bonds is 4. The van der Waals surface area contributed by atoms with Crippen molar-refractivity contribution in [1.82, 2.24) is 0 Å². The van der Waals surface area contributed by atoms with Crippen LogP contribution in [-0.2, 0) is 0 Å². The fraction of sp³-hybridized carbons (Fsp3) is 0.273.